The van der Waals surface area contributed by atoms with Crippen LogP contribution in [0.25, 0.3) is 0 Å². The van der Waals surface area contributed by atoms with E-state index in [0.29, 0.717) is 48.3 Å². The molecule has 9 heteroatoms. The van der Waals surface area contributed by atoms with E-state index in [1.165, 1.54) is 12.1 Å². The lowest BCUT2D eigenvalue weighted by atomic mass is 10.1. The summed E-state index contributed by atoms with van der Waals surface area (Å²) in [5.74, 6) is -0.442. The van der Waals surface area contributed by atoms with E-state index in [4.69, 9.17) is 23.2 Å². The maximum absolute atomic E-state index is 13.4. The molecule has 5 nitrogen and oxygen atoms in total. The molecule has 0 spiro atoms. The molecule has 32 heavy (non-hydrogen) atoms. The van der Waals surface area contributed by atoms with Crippen molar-refractivity contribution in [3.8, 4) is 0 Å². The second-order valence-electron chi connectivity index (χ2n) is 7.98. The molecule has 0 bridgehead atoms. The van der Waals surface area contributed by atoms with Crippen LogP contribution in [0.15, 0.2) is 42.5 Å². The van der Waals surface area contributed by atoms with Crippen LogP contribution in [-0.2, 0) is 4.79 Å². The first kappa shape index (κ1) is 23.4. The predicted octanol–water partition coefficient (Wildman–Crippen LogP) is 4.55. The summed E-state index contributed by atoms with van der Waals surface area (Å²) in [5.41, 5.74) is 1.34. The summed E-state index contributed by atoms with van der Waals surface area (Å²) in [4.78, 5) is 31.3. The number of carbonyl (C=O) groups excluding carboxylic acids is 2. The van der Waals surface area contributed by atoms with Crippen molar-refractivity contribution >= 4 is 46.8 Å². The van der Waals surface area contributed by atoms with Crippen LogP contribution in [0.5, 0.6) is 0 Å². The SMILES string of the molecule is C[C@H]1S[C@@H](c2ccc(Cl)c(Cl)c2)N(CCN2CCN(C(=O)c3cccc(F)c3)CC2)C1=O. The van der Waals surface area contributed by atoms with Gasteiger partial charge in [-0.2, -0.15) is 0 Å². The Hall–Kier alpha value is -1.80. The third-order valence-corrected chi connectivity index (χ3v) is 8.00. The Morgan fingerprint density at radius 3 is 2.50 bits per heavy atom. The molecule has 0 N–H and O–H groups in total. The van der Waals surface area contributed by atoms with Gasteiger partial charge in [-0.1, -0.05) is 35.3 Å². The molecule has 0 saturated carbocycles. The summed E-state index contributed by atoms with van der Waals surface area (Å²) in [7, 11) is 0. The number of hydrogen-bond acceptors (Lipinski definition) is 4. The second-order valence-corrected chi connectivity index (χ2v) is 10.2. The van der Waals surface area contributed by atoms with E-state index in [1.54, 1.807) is 34.9 Å². The topological polar surface area (TPSA) is 43.9 Å². The standard InChI is InChI=1S/C23H24Cl2FN3O2S/c1-15-21(30)29(23(32-15)17-5-6-19(24)20(25)14-17)12-9-27-7-10-28(11-8-27)22(31)16-3-2-4-18(26)13-16/h2-6,13-15,23H,7-12H2,1H3/t15-,23+/m1/s1. The minimum atomic E-state index is -0.409. The zero-order valence-electron chi connectivity index (χ0n) is 17.6. The van der Waals surface area contributed by atoms with Crippen molar-refractivity contribution in [3.05, 3.63) is 69.5 Å². The van der Waals surface area contributed by atoms with Crippen LogP contribution in [0.3, 0.4) is 0 Å². The fourth-order valence-electron chi connectivity index (χ4n) is 4.05. The van der Waals surface area contributed by atoms with Crippen LogP contribution in [0, 0.1) is 5.82 Å². The van der Waals surface area contributed by atoms with Crippen LogP contribution in [-0.4, -0.2) is 71.0 Å². The average molecular weight is 496 g/mol. The van der Waals surface area contributed by atoms with Crippen molar-refractivity contribution in [1.82, 2.24) is 14.7 Å². The molecule has 4 rings (SSSR count). The summed E-state index contributed by atoms with van der Waals surface area (Å²) in [6.07, 6.45) is 0. The Morgan fingerprint density at radius 2 is 1.81 bits per heavy atom. The summed E-state index contributed by atoms with van der Waals surface area (Å²) in [5, 5.41) is 0.768. The third kappa shape index (κ3) is 5.06. The van der Waals surface area contributed by atoms with E-state index in [0.717, 1.165) is 12.1 Å². The van der Waals surface area contributed by atoms with Gasteiger partial charge in [-0.15, -0.1) is 11.8 Å². The smallest absolute Gasteiger partial charge is 0.254 e. The Morgan fingerprint density at radius 1 is 1.06 bits per heavy atom. The Balaban J connectivity index is 1.34. The quantitative estimate of drug-likeness (QED) is 0.609. The first-order valence-corrected chi connectivity index (χ1v) is 12.2. The number of hydrogen-bond donors (Lipinski definition) is 0. The Kier molecular flexibility index (Phi) is 7.30. The van der Waals surface area contributed by atoms with E-state index < -0.39 is 5.82 Å². The molecule has 2 saturated heterocycles. The zero-order chi connectivity index (χ0) is 22.8. The molecule has 0 aliphatic carbocycles. The van der Waals surface area contributed by atoms with Crippen molar-refractivity contribution in [2.45, 2.75) is 17.5 Å². The van der Waals surface area contributed by atoms with Crippen LogP contribution in [0.4, 0.5) is 4.39 Å². The highest BCUT2D eigenvalue weighted by atomic mass is 35.5. The van der Waals surface area contributed by atoms with Gasteiger partial charge in [-0.25, -0.2) is 4.39 Å². The minimum absolute atomic E-state index is 0.0943. The van der Waals surface area contributed by atoms with Gasteiger partial charge in [0.15, 0.2) is 0 Å². The molecule has 0 unspecified atom stereocenters. The van der Waals surface area contributed by atoms with Gasteiger partial charge in [0.05, 0.1) is 15.3 Å². The molecule has 170 valence electrons. The maximum Gasteiger partial charge on any atom is 0.254 e. The first-order chi connectivity index (χ1) is 15.3. The van der Waals surface area contributed by atoms with Crippen molar-refractivity contribution in [3.63, 3.8) is 0 Å². The summed E-state index contributed by atoms with van der Waals surface area (Å²) in [6, 6.07) is 11.3. The minimum Gasteiger partial charge on any atom is -0.336 e. The van der Waals surface area contributed by atoms with Crippen LogP contribution in [0.2, 0.25) is 10.0 Å². The number of amides is 2. The average Bonchev–Trinajstić information content (AvgIpc) is 3.07. The van der Waals surface area contributed by atoms with Crippen LogP contribution < -0.4 is 0 Å². The molecule has 2 amide bonds. The highest BCUT2D eigenvalue weighted by molar-refractivity contribution is 8.01. The lowest BCUT2D eigenvalue weighted by molar-refractivity contribution is -0.130. The van der Waals surface area contributed by atoms with E-state index in [9.17, 15) is 14.0 Å². The number of halogens is 3. The van der Waals surface area contributed by atoms with E-state index in [1.807, 2.05) is 24.0 Å². The van der Waals surface area contributed by atoms with Gasteiger partial charge in [0.25, 0.3) is 5.91 Å². The predicted molar refractivity (Wildman–Crippen MR) is 127 cm³/mol. The van der Waals surface area contributed by atoms with E-state index >= 15 is 0 Å². The molecule has 2 aromatic rings. The van der Waals surface area contributed by atoms with Gasteiger partial charge in [0.2, 0.25) is 5.91 Å². The van der Waals surface area contributed by atoms with Crippen LogP contribution >= 0.6 is 35.0 Å². The maximum atomic E-state index is 13.4. The molecule has 2 atom stereocenters. The molecule has 2 heterocycles. The monoisotopic (exact) mass is 495 g/mol. The highest BCUT2D eigenvalue weighted by Gasteiger charge is 2.38. The fraction of sp³-hybridized carbons (Fsp3) is 0.391. The Bertz CT molecular complexity index is 1020. The molecule has 2 fully saturated rings. The second kappa shape index (κ2) is 10.00. The summed E-state index contributed by atoms with van der Waals surface area (Å²) < 4.78 is 13.4. The number of nitrogens with zero attached hydrogens (tertiary/aromatic N) is 3. The lowest BCUT2D eigenvalue weighted by Gasteiger charge is -2.36. The zero-order valence-corrected chi connectivity index (χ0v) is 20.0. The van der Waals surface area contributed by atoms with E-state index in [2.05, 4.69) is 4.90 Å². The molecular weight excluding hydrogens is 472 g/mol. The number of carbonyl (C=O) groups is 2. The summed E-state index contributed by atoms with van der Waals surface area (Å²) in [6.45, 7) is 5.81. The van der Waals surface area contributed by atoms with Gasteiger partial charge in [-0.3, -0.25) is 14.5 Å². The van der Waals surface area contributed by atoms with Crippen LogP contribution in [0.1, 0.15) is 28.2 Å². The van der Waals surface area contributed by atoms with Crippen molar-refractivity contribution in [1.29, 1.82) is 0 Å². The highest BCUT2D eigenvalue weighted by Crippen LogP contribution is 2.43. The van der Waals surface area contributed by atoms with Crippen molar-refractivity contribution < 1.29 is 14.0 Å². The number of thioether (sulfide) groups is 1. The normalized spacial score (nSPS) is 21.9. The first-order valence-electron chi connectivity index (χ1n) is 10.5. The molecule has 2 aromatic carbocycles. The number of rotatable bonds is 5. The van der Waals surface area contributed by atoms with Crippen molar-refractivity contribution in [2.75, 3.05) is 39.3 Å². The molecule has 0 radical (unpaired) electrons. The van der Waals surface area contributed by atoms with Gasteiger partial charge in [0.1, 0.15) is 11.2 Å². The third-order valence-electron chi connectivity index (χ3n) is 5.86. The lowest BCUT2D eigenvalue weighted by Crippen LogP contribution is -2.50. The molecule has 2 aliphatic rings. The van der Waals surface area contributed by atoms with E-state index in [-0.39, 0.29) is 22.4 Å². The number of benzene rings is 2. The van der Waals surface area contributed by atoms with Gasteiger partial charge >= 0.3 is 0 Å². The van der Waals surface area contributed by atoms with Crippen molar-refractivity contribution in [2.24, 2.45) is 0 Å². The number of piperazine rings is 1. The molecular formula is C23H24Cl2FN3O2S. The van der Waals surface area contributed by atoms with Gasteiger partial charge in [-0.05, 0) is 42.8 Å². The fourth-order valence-corrected chi connectivity index (χ4v) is 5.66. The summed E-state index contributed by atoms with van der Waals surface area (Å²) >= 11 is 13.9. The Labute approximate surface area is 201 Å². The van der Waals surface area contributed by atoms with Gasteiger partial charge in [0, 0.05) is 44.8 Å². The largest absolute Gasteiger partial charge is 0.336 e. The molecule has 0 aromatic heterocycles. The van der Waals surface area contributed by atoms with Gasteiger partial charge < -0.3 is 9.80 Å². The molecule has 2 aliphatic heterocycles.